The molecule has 168 valence electrons. The van der Waals surface area contributed by atoms with E-state index >= 15 is 0 Å². The smallest absolute Gasteiger partial charge is 0.295 e. The Bertz CT molecular complexity index is 1160. The number of aromatic nitrogens is 1. The summed E-state index contributed by atoms with van der Waals surface area (Å²) < 4.78 is 4.90. The van der Waals surface area contributed by atoms with Gasteiger partial charge in [-0.1, -0.05) is 36.6 Å². The molecule has 7 nitrogen and oxygen atoms in total. The summed E-state index contributed by atoms with van der Waals surface area (Å²) in [4.78, 5) is 41.4. The Morgan fingerprint density at radius 3 is 2.27 bits per heavy atom. The summed E-state index contributed by atoms with van der Waals surface area (Å²) in [6, 6.07) is 14.3. The monoisotopic (exact) mass is 444 g/mol. The highest BCUT2D eigenvalue weighted by molar-refractivity contribution is 6.49. The zero-order valence-corrected chi connectivity index (χ0v) is 18.0. The van der Waals surface area contributed by atoms with Gasteiger partial charge in [-0.2, -0.15) is 0 Å². The molecule has 0 bridgehead atoms. The van der Waals surface area contributed by atoms with Crippen LogP contribution >= 0.6 is 0 Å². The van der Waals surface area contributed by atoms with Gasteiger partial charge in [0.05, 0.1) is 6.04 Å². The number of amides is 1. The molecule has 2 atom stereocenters. The van der Waals surface area contributed by atoms with Crippen molar-refractivity contribution >= 4 is 23.2 Å². The van der Waals surface area contributed by atoms with Gasteiger partial charge in [-0.15, -0.1) is 0 Å². The molecule has 3 aromatic rings. The van der Waals surface area contributed by atoms with Gasteiger partial charge < -0.3 is 14.5 Å². The average Bonchev–Trinajstić information content (AvgIpc) is 3.47. The van der Waals surface area contributed by atoms with Crippen LogP contribution in [0, 0.1) is 11.8 Å². The maximum absolute atomic E-state index is 13.5. The first-order valence-electron chi connectivity index (χ1n) is 11.3. The molecule has 2 aliphatic rings. The van der Waals surface area contributed by atoms with E-state index in [1.165, 1.54) is 35.4 Å². The Balaban J connectivity index is 1.53. The lowest BCUT2D eigenvalue weighted by Crippen LogP contribution is -2.43. The molecule has 7 heteroatoms. The zero-order valence-electron chi connectivity index (χ0n) is 18.0. The average molecular weight is 444 g/mol. The predicted octanol–water partition coefficient (Wildman–Crippen LogP) is 4.41. The Morgan fingerprint density at radius 1 is 0.939 bits per heavy atom. The summed E-state index contributed by atoms with van der Waals surface area (Å²) >= 11 is 0. The fraction of sp³-hybridized carbons (Fsp3) is 0.308. The molecule has 33 heavy (non-hydrogen) atoms. The quantitative estimate of drug-likeness (QED) is 0.355. The summed E-state index contributed by atoms with van der Waals surface area (Å²) in [5.41, 5.74) is 2.42. The predicted molar refractivity (Wildman–Crippen MR) is 121 cm³/mol. The number of carbonyl (C=O) groups is 3. The van der Waals surface area contributed by atoms with Gasteiger partial charge in [-0.3, -0.25) is 14.4 Å². The molecule has 1 aliphatic carbocycles. The summed E-state index contributed by atoms with van der Waals surface area (Å²) in [6.07, 6.45) is 6.39. The number of Topliss-reactive ketones (excluding diaryl/α,β-unsaturated/α-hetero) is 2. The molecular weight excluding hydrogens is 420 g/mol. The second kappa shape index (κ2) is 8.65. The van der Waals surface area contributed by atoms with Crippen molar-refractivity contribution in [1.29, 1.82) is 0 Å². The van der Waals surface area contributed by atoms with Crippen LogP contribution in [0.2, 0.25) is 0 Å². The molecule has 2 unspecified atom stereocenters. The Hall–Kier alpha value is -3.74. The molecule has 1 amide bonds. The first-order chi connectivity index (χ1) is 16.0. The van der Waals surface area contributed by atoms with Gasteiger partial charge >= 0.3 is 0 Å². The van der Waals surface area contributed by atoms with Gasteiger partial charge in [0.1, 0.15) is 23.6 Å². The van der Waals surface area contributed by atoms with Crippen LogP contribution in [0.25, 0.3) is 11.3 Å². The number of hydrogen-bond acceptors (Lipinski definition) is 6. The molecule has 2 fully saturated rings. The minimum atomic E-state index is -1.06. The largest absolute Gasteiger partial charge is 0.508 e. The van der Waals surface area contributed by atoms with Crippen LogP contribution < -0.4 is 4.90 Å². The van der Waals surface area contributed by atoms with E-state index in [9.17, 15) is 19.5 Å². The van der Waals surface area contributed by atoms with Gasteiger partial charge in [0.15, 0.2) is 5.78 Å². The van der Waals surface area contributed by atoms with E-state index in [1.807, 2.05) is 12.1 Å². The summed E-state index contributed by atoms with van der Waals surface area (Å²) in [7, 11) is 0. The van der Waals surface area contributed by atoms with E-state index in [4.69, 9.17) is 4.52 Å². The van der Waals surface area contributed by atoms with E-state index in [0.29, 0.717) is 16.9 Å². The molecule has 0 spiro atoms. The number of benzene rings is 2. The Labute approximate surface area is 191 Å². The zero-order chi connectivity index (χ0) is 22.9. The maximum atomic E-state index is 13.5. The fourth-order valence-electron chi connectivity index (χ4n) is 5.17. The molecular formula is C26H24N2O5. The number of phenolic OH excluding ortho intramolecular Hbond substituents is 1. The van der Waals surface area contributed by atoms with Crippen LogP contribution in [-0.2, 0) is 9.59 Å². The van der Waals surface area contributed by atoms with Gasteiger partial charge in [-0.25, -0.2) is 0 Å². The number of carbonyl (C=O) groups excluding carboxylic acids is 3. The molecule has 1 saturated heterocycles. The molecule has 5 rings (SSSR count). The first kappa shape index (κ1) is 21.1. The van der Waals surface area contributed by atoms with Gasteiger partial charge in [0.2, 0.25) is 5.78 Å². The lowest BCUT2D eigenvalue weighted by atomic mass is 9.76. The van der Waals surface area contributed by atoms with E-state index in [1.54, 1.807) is 18.2 Å². The fourth-order valence-corrected chi connectivity index (χ4v) is 5.17. The van der Waals surface area contributed by atoms with E-state index < -0.39 is 23.7 Å². The SMILES string of the molecule is O=C1C(=O)N(c2ccc(-c3ccon3)cc2)C(C2CCCCC2)C1C(=O)c1ccc(O)cc1. The van der Waals surface area contributed by atoms with Crippen LogP contribution in [0.4, 0.5) is 5.69 Å². The van der Waals surface area contributed by atoms with Crippen LogP contribution in [0.15, 0.2) is 65.4 Å². The third-order valence-corrected chi connectivity index (χ3v) is 6.80. The molecule has 2 heterocycles. The van der Waals surface area contributed by atoms with Crippen LogP contribution in [0.1, 0.15) is 42.5 Å². The van der Waals surface area contributed by atoms with E-state index in [2.05, 4.69) is 5.16 Å². The number of anilines is 1. The third kappa shape index (κ3) is 3.84. The number of nitrogens with zero attached hydrogens (tertiary/aromatic N) is 2. The third-order valence-electron chi connectivity index (χ3n) is 6.80. The Kier molecular flexibility index (Phi) is 5.54. The summed E-state index contributed by atoms with van der Waals surface area (Å²) in [5, 5.41) is 13.5. The second-order valence-corrected chi connectivity index (χ2v) is 8.75. The molecule has 2 aromatic carbocycles. The lowest BCUT2D eigenvalue weighted by Gasteiger charge is -2.35. The van der Waals surface area contributed by atoms with Crippen molar-refractivity contribution in [3.63, 3.8) is 0 Å². The van der Waals surface area contributed by atoms with Crippen molar-refractivity contribution in [1.82, 2.24) is 5.16 Å². The van der Waals surface area contributed by atoms with E-state index in [-0.39, 0.29) is 17.5 Å². The number of rotatable bonds is 5. The normalized spacial score (nSPS) is 21.5. The lowest BCUT2D eigenvalue weighted by molar-refractivity contribution is -0.135. The second-order valence-electron chi connectivity index (χ2n) is 8.75. The molecule has 1 N–H and O–H groups in total. The number of aromatic hydroxyl groups is 1. The van der Waals surface area contributed by atoms with Crippen molar-refractivity contribution in [2.75, 3.05) is 4.90 Å². The van der Waals surface area contributed by atoms with Crippen molar-refractivity contribution in [3.05, 3.63) is 66.4 Å². The van der Waals surface area contributed by atoms with Crippen LogP contribution in [0.3, 0.4) is 0 Å². The highest BCUT2D eigenvalue weighted by atomic mass is 16.5. The van der Waals surface area contributed by atoms with Gasteiger partial charge in [0.25, 0.3) is 5.91 Å². The highest BCUT2D eigenvalue weighted by Crippen LogP contribution is 2.41. The standard InChI is InChI=1S/C26H24N2O5/c29-20-12-8-18(9-13-20)24(30)22-23(17-4-2-1-3-5-17)28(26(32)25(22)31)19-10-6-16(7-11-19)21-14-15-33-27-21/h6-15,17,22-23,29H,1-5H2. The maximum Gasteiger partial charge on any atom is 0.295 e. The van der Waals surface area contributed by atoms with Crippen LogP contribution in [0.5, 0.6) is 5.75 Å². The van der Waals surface area contributed by atoms with Crippen molar-refractivity contribution in [2.24, 2.45) is 11.8 Å². The molecule has 0 radical (unpaired) electrons. The van der Waals surface area contributed by atoms with Crippen molar-refractivity contribution in [2.45, 2.75) is 38.1 Å². The topological polar surface area (TPSA) is 101 Å². The van der Waals surface area contributed by atoms with Crippen molar-refractivity contribution in [3.8, 4) is 17.0 Å². The van der Waals surface area contributed by atoms with Crippen molar-refractivity contribution < 1.29 is 24.0 Å². The summed E-state index contributed by atoms with van der Waals surface area (Å²) in [6.45, 7) is 0. The summed E-state index contributed by atoms with van der Waals surface area (Å²) in [5.74, 6) is -2.62. The highest BCUT2D eigenvalue weighted by Gasteiger charge is 2.54. The van der Waals surface area contributed by atoms with E-state index in [0.717, 1.165) is 37.7 Å². The minimum Gasteiger partial charge on any atom is -0.508 e. The van der Waals surface area contributed by atoms with Gasteiger partial charge in [-0.05, 0) is 55.2 Å². The first-order valence-corrected chi connectivity index (χ1v) is 11.3. The number of phenols is 1. The molecule has 1 aromatic heterocycles. The molecule has 1 aliphatic heterocycles. The van der Waals surface area contributed by atoms with Gasteiger partial charge in [0, 0.05) is 22.9 Å². The number of ketones is 2. The van der Waals surface area contributed by atoms with Crippen LogP contribution in [-0.4, -0.2) is 33.8 Å². The number of hydrogen-bond donors (Lipinski definition) is 1. The Morgan fingerprint density at radius 2 is 1.64 bits per heavy atom. The molecule has 1 saturated carbocycles. The minimum absolute atomic E-state index is 0.0398.